The Labute approximate surface area is 125 Å². The second kappa shape index (κ2) is 6.86. The van der Waals surface area contributed by atoms with Crippen LogP contribution in [-0.2, 0) is 14.3 Å². The van der Waals surface area contributed by atoms with Crippen LogP contribution < -0.4 is 11.2 Å². The first-order valence-corrected chi connectivity index (χ1v) is 6.93. The Morgan fingerprint density at radius 3 is 2.82 bits per heavy atom. The zero-order chi connectivity index (χ0) is 16.3. The van der Waals surface area contributed by atoms with Gasteiger partial charge in [0.2, 0.25) is 0 Å². The van der Waals surface area contributed by atoms with Gasteiger partial charge < -0.3 is 19.7 Å². The van der Waals surface area contributed by atoms with Crippen molar-refractivity contribution >= 4 is 5.97 Å². The Balaban J connectivity index is 2.31. The molecule has 0 saturated carbocycles. The first-order chi connectivity index (χ1) is 10.5. The molecule has 1 aliphatic rings. The van der Waals surface area contributed by atoms with Crippen LogP contribution in [0.1, 0.15) is 26.0 Å². The molecule has 0 radical (unpaired) electrons. The summed E-state index contributed by atoms with van der Waals surface area (Å²) in [6.45, 7) is 1.29. The Morgan fingerprint density at radius 1 is 1.50 bits per heavy atom. The Hall–Kier alpha value is -1.97. The standard InChI is InChI=1S/C13H18N2O7/c1-2-3-9(18)22-11-10(19)7(6-16)21-12(11)15-5-4-8(17)14-13(15)20/h4-5,7,10-12,16,19H,2-3,6H2,1H3,(H,14,17,20)/t7-,10-,11-,12-/m1/s1. The second-order valence-electron chi connectivity index (χ2n) is 4.96. The number of hydrogen-bond acceptors (Lipinski definition) is 7. The molecule has 1 aliphatic heterocycles. The smallest absolute Gasteiger partial charge is 0.330 e. The number of hydrogen-bond donors (Lipinski definition) is 3. The summed E-state index contributed by atoms with van der Waals surface area (Å²) in [4.78, 5) is 36.6. The van der Waals surface area contributed by atoms with Crippen LogP contribution >= 0.6 is 0 Å². The number of carbonyl (C=O) groups is 1. The predicted octanol–water partition coefficient (Wildman–Crippen LogP) is -1.50. The van der Waals surface area contributed by atoms with Crippen molar-refractivity contribution in [1.82, 2.24) is 9.55 Å². The molecule has 0 aliphatic carbocycles. The number of aliphatic hydroxyl groups excluding tert-OH is 2. The van der Waals surface area contributed by atoms with E-state index in [4.69, 9.17) is 9.47 Å². The number of ether oxygens (including phenoxy) is 2. The summed E-state index contributed by atoms with van der Waals surface area (Å²) in [5, 5.41) is 19.3. The maximum atomic E-state index is 11.8. The van der Waals surface area contributed by atoms with Crippen molar-refractivity contribution in [1.29, 1.82) is 0 Å². The van der Waals surface area contributed by atoms with E-state index in [1.165, 1.54) is 6.20 Å². The van der Waals surface area contributed by atoms with Gasteiger partial charge in [-0.25, -0.2) is 4.79 Å². The van der Waals surface area contributed by atoms with Crippen molar-refractivity contribution in [2.75, 3.05) is 6.61 Å². The molecule has 9 heteroatoms. The van der Waals surface area contributed by atoms with Crippen molar-refractivity contribution in [2.24, 2.45) is 0 Å². The summed E-state index contributed by atoms with van der Waals surface area (Å²) >= 11 is 0. The first-order valence-electron chi connectivity index (χ1n) is 6.93. The van der Waals surface area contributed by atoms with Crippen LogP contribution in [0.3, 0.4) is 0 Å². The number of rotatable bonds is 5. The molecule has 0 spiro atoms. The van der Waals surface area contributed by atoms with E-state index < -0.39 is 48.4 Å². The lowest BCUT2D eigenvalue weighted by Crippen LogP contribution is -2.40. The number of H-pyrrole nitrogens is 1. The third kappa shape index (κ3) is 3.26. The van der Waals surface area contributed by atoms with Gasteiger partial charge in [-0.2, -0.15) is 0 Å². The number of aromatic nitrogens is 2. The van der Waals surface area contributed by atoms with E-state index in [0.717, 1.165) is 10.6 Å². The molecule has 9 nitrogen and oxygen atoms in total. The van der Waals surface area contributed by atoms with Gasteiger partial charge in [0.05, 0.1) is 6.61 Å². The van der Waals surface area contributed by atoms with Gasteiger partial charge in [-0.3, -0.25) is 19.1 Å². The average molecular weight is 314 g/mol. The van der Waals surface area contributed by atoms with Crippen molar-refractivity contribution in [2.45, 2.75) is 44.3 Å². The first kappa shape index (κ1) is 16.4. The fourth-order valence-corrected chi connectivity index (χ4v) is 2.26. The van der Waals surface area contributed by atoms with Gasteiger partial charge in [-0.1, -0.05) is 6.92 Å². The summed E-state index contributed by atoms with van der Waals surface area (Å²) < 4.78 is 11.6. The second-order valence-corrected chi connectivity index (χ2v) is 4.96. The molecule has 4 atom stereocenters. The maximum absolute atomic E-state index is 11.8. The van der Waals surface area contributed by atoms with E-state index >= 15 is 0 Å². The van der Waals surface area contributed by atoms with Gasteiger partial charge in [0.15, 0.2) is 12.3 Å². The Morgan fingerprint density at radius 2 is 2.23 bits per heavy atom. The molecule has 2 rings (SSSR count). The minimum absolute atomic E-state index is 0.153. The number of aromatic amines is 1. The normalized spacial score (nSPS) is 27.8. The zero-order valence-corrected chi connectivity index (χ0v) is 12.0. The molecule has 1 fully saturated rings. The van der Waals surface area contributed by atoms with Gasteiger partial charge in [-0.15, -0.1) is 0 Å². The van der Waals surface area contributed by atoms with Gasteiger partial charge in [-0.05, 0) is 6.42 Å². The lowest BCUT2D eigenvalue weighted by molar-refractivity contribution is -0.158. The maximum Gasteiger partial charge on any atom is 0.330 e. The van der Waals surface area contributed by atoms with E-state index in [1.54, 1.807) is 6.92 Å². The summed E-state index contributed by atoms with van der Waals surface area (Å²) in [7, 11) is 0. The van der Waals surface area contributed by atoms with Gasteiger partial charge in [0.1, 0.15) is 12.2 Å². The number of carbonyl (C=O) groups excluding carboxylic acids is 1. The highest BCUT2D eigenvalue weighted by molar-refractivity contribution is 5.69. The third-order valence-electron chi connectivity index (χ3n) is 3.34. The largest absolute Gasteiger partial charge is 0.455 e. The highest BCUT2D eigenvalue weighted by Gasteiger charge is 2.47. The van der Waals surface area contributed by atoms with E-state index in [1.807, 2.05) is 4.98 Å². The van der Waals surface area contributed by atoms with Crippen LogP contribution in [0.25, 0.3) is 0 Å². The fraction of sp³-hybridized carbons (Fsp3) is 0.615. The molecule has 1 aromatic rings. The van der Waals surface area contributed by atoms with Crippen molar-refractivity contribution in [3.63, 3.8) is 0 Å². The topological polar surface area (TPSA) is 131 Å². The molecular formula is C13H18N2O7. The Bertz CT molecular complexity index is 638. The van der Waals surface area contributed by atoms with Crippen LogP contribution in [0.15, 0.2) is 21.9 Å². The molecule has 0 unspecified atom stereocenters. The third-order valence-corrected chi connectivity index (χ3v) is 3.34. The van der Waals surface area contributed by atoms with Crippen molar-refractivity contribution in [3.8, 4) is 0 Å². The zero-order valence-electron chi connectivity index (χ0n) is 12.0. The molecule has 122 valence electrons. The van der Waals surface area contributed by atoms with Gasteiger partial charge in [0, 0.05) is 18.7 Å². The van der Waals surface area contributed by atoms with Crippen LogP contribution in [0.5, 0.6) is 0 Å². The summed E-state index contributed by atoms with van der Waals surface area (Å²) in [6.07, 6.45) is -2.66. The van der Waals surface area contributed by atoms with Crippen LogP contribution in [0.2, 0.25) is 0 Å². The minimum atomic E-state index is -1.28. The molecule has 1 aromatic heterocycles. The number of esters is 1. The quantitative estimate of drug-likeness (QED) is 0.564. The molecule has 2 heterocycles. The molecule has 1 saturated heterocycles. The van der Waals surface area contributed by atoms with Crippen molar-refractivity contribution < 1.29 is 24.5 Å². The van der Waals surface area contributed by atoms with E-state index in [0.29, 0.717) is 6.42 Å². The predicted molar refractivity (Wildman–Crippen MR) is 73.1 cm³/mol. The highest BCUT2D eigenvalue weighted by atomic mass is 16.6. The van der Waals surface area contributed by atoms with Crippen LogP contribution in [0.4, 0.5) is 0 Å². The molecule has 0 aromatic carbocycles. The van der Waals surface area contributed by atoms with E-state index in [-0.39, 0.29) is 6.42 Å². The fourth-order valence-electron chi connectivity index (χ4n) is 2.26. The number of nitrogens with one attached hydrogen (secondary N) is 1. The number of aliphatic hydroxyl groups is 2. The Kier molecular flexibility index (Phi) is 5.11. The molecular weight excluding hydrogens is 296 g/mol. The van der Waals surface area contributed by atoms with Gasteiger partial charge in [0.25, 0.3) is 5.56 Å². The molecule has 0 amide bonds. The summed E-state index contributed by atoms with van der Waals surface area (Å²) in [5.41, 5.74) is -1.35. The van der Waals surface area contributed by atoms with E-state index in [9.17, 15) is 24.6 Å². The summed E-state index contributed by atoms with van der Waals surface area (Å²) in [5.74, 6) is -0.545. The molecule has 3 N–H and O–H groups in total. The average Bonchev–Trinajstić information content (AvgIpc) is 2.76. The van der Waals surface area contributed by atoms with Crippen molar-refractivity contribution in [3.05, 3.63) is 33.1 Å². The van der Waals surface area contributed by atoms with Crippen LogP contribution in [0, 0.1) is 0 Å². The van der Waals surface area contributed by atoms with Gasteiger partial charge >= 0.3 is 11.7 Å². The lowest BCUT2D eigenvalue weighted by Gasteiger charge is -2.21. The highest BCUT2D eigenvalue weighted by Crippen LogP contribution is 2.30. The SMILES string of the molecule is CCCC(=O)O[C@@H]1[C@H](O)[C@@H](CO)O[C@H]1n1ccc(=O)[nH]c1=O. The molecule has 0 bridgehead atoms. The van der Waals surface area contributed by atoms with E-state index in [2.05, 4.69) is 0 Å². The molecule has 22 heavy (non-hydrogen) atoms. The minimum Gasteiger partial charge on any atom is -0.455 e. The lowest BCUT2D eigenvalue weighted by atomic mass is 10.1. The monoisotopic (exact) mass is 314 g/mol. The summed E-state index contributed by atoms with van der Waals surface area (Å²) in [6, 6.07) is 1.11. The number of nitrogens with zero attached hydrogens (tertiary/aromatic N) is 1. The van der Waals surface area contributed by atoms with Crippen LogP contribution in [-0.4, -0.2) is 50.7 Å².